The Bertz CT molecular complexity index is 873. The average Bonchev–Trinajstić information content (AvgIpc) is 3.10. The monoisotopic (exact) mass is 745 g/mol. The molecule has 4 atom stereocenters. The smallest absolute Gasteiger partial charge is 0.393 e. The van der Waals surface area contributed by atoms with Crippen LogP contribution in [-0.2, 0) is 18.4 Å². The molecule has 0 radical (unpaired) electrons. The van der Waals surface area contributed by atoms with Gasteiger partial charge in [0, 0.05) is 6.54 Å². The second kappa shape index (κ2) is 37.3. The maximum absolute atomic E-state index is 12.8. The van der Waals surface area contributed by atoms with Crippen LogP contribution in [-0.4, -0.2) is 59.0 Å². The van der Waals surface area contributed by atoms with Crippen LogP contribution in [0.1, 0.15) is 194 Å². The van der Waals surface area contributed by atoms with Gasteiger partial charge in [0.2, 0.25) is 5.91 Å². The Morgan fingerprint density at radius 1 is 0.667 bits per heavy atom. The van der Waals surface area contributed by atoms with Gasteiger partial charge in [-0.1, -0.05) is 167 Å². The Balaban J connectivity index is 4.39. The number of hydrogen-bond acceptors (Lipinski definition) is 7. The normalized spacial score (nSPS) is 15.0. The van der Waals surface area contributed by atoms with Gasteiger partial charge in [-0.05, 0) is 44.9 Å². The molecule has 0 spiro atoms. The molecule has 0 rings (SSSR count). The summed E-state index contributed by atoms with van der Waals surface area (Å²) in [6.07, 6.45) is 38.3. The van der Waals surface area contributed by atoms with Gasteiger partial charge < -0.3 is 26.2 Å². The lowest BCUT2D eigenvalue weighted by molar-refractivity contribution is -0.124. The van der Waals surface area contributed by atoms with E-state index in [1.807, 2.05) is 6.08 Å². The van der Waals surface area contributed by atoms with Crippen molar-refractivity contribution in [3.8, 4) is 0 Å². The number of carbonyl (C=O) groups excluding carboxylic acids is 1. The summed E-state index contributed by atoms with van der Waals surface area (Å²) < 4.78 is 22.0. The first kappa shape index (κ1) is 49.9. The van der Waals surface area contributed by atoms with Crippen LogP contribution in [0.2, 0.25) is 0 Å². The molecule has 0 aliphatic heterocycles. The molecule has 0 saturated carbocycles. The lowest BCUT2D eigenvalue weighted by atomic mass is 10.0. The number of aliphatic hydroxyl groups is 2. The van der Waals surface area contributed by atoms with E-state index in [-0.39, 0.29) is 19.6 Å². The molecule has 0 aliphatic rings. The quantitative estimate of drug-likeness (QED) is 0.0237. The highest BCUT2D eigenvalue weighted by Crippen LogP contribution is 2.43. The fourth-order valence-corrected chi connectivity index (χ4v) is 6.87. The van der Waals surface area contributed by atoms with Crippen molar-refractivity contribution < 1.29 is 33.5 Å². The van der Waals surface area contributed by atoms with Gasteiger partial charge in [0.25, 0.3) is 0 Å². The van der Waals surface area contributed by atoms with E-state index in [2.05, 4.69) is 31.3 Å². The van der Waals surface area contributed by atoms with Crippen LogP contribution in [0, 0.1) is 0 Å². The minimum absolute atomic E-state index is 0.0481. The largest absolute Gasteiger partial charge is 0.472 e. The van der Waals surface area contributed by atoms with Crippen LogP contribution in [0.15, 0.2) is 24.3 Å². The summed E-state index contributed by atoms with van der Waals surface area (Å²) in [6, 6.07) is -0.984. The maximum atomic E-state index is 12.8. The second-order valence-corrected chi connectivity index (χ2v) is 15.8. The third-order valence-electron chi connectivity index (χ3n) is 9.33. The summed E-state index contributed by atoms with van der Waals surface area (Å²) in [5, 5.41) is 24.0. The molecule has 0 aromatic heterocycles. The highest BCUT2D eigenvalue weighted by atomic mass is 31.2. The Kier molecular flexibility index (Phi) is 36.5. The highest BCUT2D eigenvalue weighted by Gasteiger charge is 2.27. The summed E-state index contributed by atoms with van der Waals surface area (Å²) in [7, 11) is -4.40. The van der Waals surface area contributed by atoms with Gasteiger partial charge in [0.05, 0.1) is 37.9 Å². The van der Waals surface area contributed by atoms with E-state index >= 15 is 0 Å². The topological polar surface area (TPSA) is 151 Å². The minimum atomic E-state index is -4.40. The van der Waals surface area contributed by atoms with E-state index < -0.39 is 38.6 Å². The van der Waals surface area contributed by atoms with Gasteiger partial charge >= 0.3 is 7.82 Å². The number of nitrogens with two attached hydrogens (primary N) is 1. The average molecular weight is 745 g/mol. The van der Waals surface area contributed by atoms with Crippen LogP contribution in [0.25, 0.3) is 0 Å². The predicted octanol–water partition coefficient (Wildman–Crippen LogP) is 10.4. The predicted molar refractivity (Wildman–Crippen MR) is 214 cm³/mol. The molecule has 0 bridgehead atoms. The summed E-state index contributed by atoms with van der Waals surface area (Å²) >= 11 is 0. The molecule has 302 valence electrons. The third kappa shape index (κ3) is 35.7. The van der Waals surface area contributed by atoms with Gasteiger partial charge in [-0.3, -0.25) is 13.8 Å². The fraction of sp³-hybridized carbons (Fsp3) is 0.878. The van der Waals surface area contributed by atoms with Crippen molar-refractivity contribution in [3.63, 3.8) is 0 Å². The molecule has 51 heavy (non-hydrogen) atoms. The minimum Gasteiger partial charge on any atom is -0.393 e. The molecule has 0 aromatic rings. The first-order chi connectivity index (χ1) is 24.8. The number of phosphoric acid groups is 1. The first-order valence-electron chi connectivity index (χ1n) is 21.0. The number of amides is 1. The van der Waals surface area contributed by atoms with Gasteiger partial charge in [0.1, 0.15) is 0 Å². The van der Waals surface area contributed by atoms with Crippen molar-refractivity contribution in [2.24, 2.45) is 5.73 Å². The number of rotatable bonds is 39. The van der Waals surface area contributed by atoms with Crippen molar-refractivity contribution in [1.29, 1.82) is 0 Å². The fourth-order valence-electron chi connectivity index (χ4n) is 6.11. The first-order valence-corrected chi connectivity index (χ1v) is 22.5. The maximum Gasteiger partial charge on any atom is 0.472 e. The Hall–Kier alpha value is -1.06. The zero-order chi connectivity index (χ0) is 37.7. The number of aliphatic hydroxyl groups excluding tert-OH is 2. The van der Waals surface area contributed by atoms with Crippen molar-refractivity contribution in [2.75, 3.05) is 19.8 Å². The SMILES string of the molecule is CCCCCCCCC/C=C\CCCCCC(O)CC(=O)NC(COP(=O)(O)OCCN)C(O)/C=C/CCCCCCCCCCCCCCC. The van der Waals surface area contributed by atoms with E-state index in [0.717, 1.165) is 51.4 Å². The number of carbonyl (C=O) groups is 1. The standard InChI is InChI=1S/C41H81N2O7P/c1-3-5-7-9-11-13-15-17-19-21-23-25-27-29-31-33-40(45)39(37-50-51(47,48)49-35-34-42)43-41(46)36-38(44)32-30-28-26-24-22-20-18-16-14-12-10-8-6-4-2/h20,22,31,33,38-40,44-45H,3-19,21,23-30,32,34-37,42H2,1-2H3,(H,43,46)(H,47,48)/b22-20-,33-31+. The summed E-state index contributed by atoms with van der Waals surface area (Å²) in [4.78, 5) is 22.7. The molecule has 1 amide bonds. The molecule has 0 aliphatic carbocycles. The Morgan fingerprint density at radius 3 is 1.57 bits per heavy atom. The molecule has 9 nitrogen and oxygen atoms in total. The van der Waals surface area contributed by atoms with Gasteiger partial charge in [-0.25, -0.2) is 4.57 Å². The highest BCUT2D eigenvalue weighted by molar-refractivity contribution is 7.47. The lowest BCUT2D eigenvalue weighted by Gasteiger charge is -2.24. The zero-order valence-corrected chi connectivity index (χ0v) is 33.9. The van der Waals surface area contributed by atoms with Gasteiger partial charge in [0.15, 0.2) is 0 Å². The van der Waals surface area contributed by atoms with Gasteiger partial charge in [-0.15, -0.1) is 0 Å². The van der Waals surface area contributed by atoms with Crippen molar-refractivity contribution in [3.05, 3.63) is 24.3 Å². The van der Waals surface area contributed by atoms with Crippen LogP contribution in [0.3, 0.4) is 0 Å². The second-order valence-electron chi connectivity index (χ2n) is 14.4. The molecule has 0 saturated heterocycles. The molecule has 4 unspecified atom stereocenters. The van der Waals surface area contributed by atoms with E-state index in [9.17, 15) is 24.5 Å². The van der Waals surface area contributed by atoms with Crippen LogP contribution >= 0.6 is 7.82 Å². The molecule has 0 fully saturated rings. The third-order valence-corrected chi connectivity index (χ3v) is 10.3. The van der Waals surface area contributed by atoms with Gasteiger partial charge in [-0.2, -0.15) is 0 Å². The molecular weight excluding hydrogens is 663 g/mol. The molecule has 6 N–H and O–H groups in total. The molecule has 0 aromatic carbocycles. The summed E-state index contributed by atoms with van der Waals surface area (Å²) in [5.41, 5.74) is 5.35. The Labute approximate surface area is 313 Å². The van der Waals surface area contributed by atoms with E-state index in [0.29, 0.717) is 6.42 Å². The van der Waals surface area contributed by atoms with Crippen molar-refractivity contribution in [1.82, 2.24) is 5.32 Å². The molecule has 0 heterocycles. The molecule has 10 heteroatoms. The van der Waals surface area contributed by atoms with Crippen molar-refractivity contribution >= 4 is 13.7 Å². The van der Waals surface area contributed by atoms with Crippen molar-refractivity contribution in [2.45, 2.75) is 212 Å². The number of allylic oxidation sites excluding steroid dienone is 3. The van der Waals surface area contributed by atoms with E-state index in [1.165, 1.54) is 116 Å². The molecular formula is C41H81N2O7P. The van der Waals surface area contributed by atoms with Crippen LogP contribution in [0.4, 0.5) is 0 Å². The van der Waals surface area contributed by atoms with Crippen LogP contribution in [0.5, 0.6) is 0 Å². The lowest BCUT2D eigenvalue weighted by Crippen LogP contribution is -2.46. The summed E-state index contributed by atoms with van der Waals surface area (Å²) in [6.45, 7) is 3.96. The van der Waals surface area contributed by atoms with Crippen LogP contribution < -0.4 is 11.1 Å². The zero-order valence-electron chi connectivity index (χ0n) is 33.0. The number of nitrogens with one attached hydrogen (secondary N) is 1. The summed E-state index contributed by atoms with van der Waals surface area (Å²) in [5.74, 6) is -0.455. The number of hydrogen-bond donors (Lipinski definition) is 5. The number of phosphoric ester groups is 1. The van der Waals surface area contributed by atoms with E-state index in [1.54, 1.807) is 6.08 Å². The number of unbranched alkanes of at least 4 members (excludes halogenated alkanes) is 23. The Morgan fingerprint density at radius 2 is 1.10 bits per heavy atom. The van der Waals surface area contributed by atoms with E-state index in [4.69, 9.17) is 14.8 Å².